The zero-order chi connectivity index (χ0) is 16.5. The molecule has 1 saturated carbocycles. The number of thiophene rings is 1. The van der Waals surface area contributed by atoms with Crippen LogP contribution in [0, 0.1) is 5.92 Å². The Morgan fingerprint density at radius 3 is 3.04 bits per heavy atom. The van der Waals surface area contributed by atoms with Gasteiger partial charge in [0, 0.05) is 20.2 Å². The summed E-state index contributed by atoms with van der Waals surface area (Å²) in [5.74, 6) is 0.939. The van der Waals surface area contributed by atoms with Crippen LogP contribution in [-0.2, 0) is 28.9 Å². The first-order valence-electron chi connectivity index (χ1n) is 8.60. The van der Waals surface area contributed by atoms with E-state index in [2.05, 4.69) is 15.2 Å². The summed E-state index contributed by atoms with van der Waals surface area (Å²) in [6.07, 6.45) is 5.93. The number of amides is 1. The molecule has 1 aliphatic heterocycles. The lowest BCUT2D eigenvalue weighted by Crippen LogP contribution is -2.43. The Balaban J connectivity index is 1.58. The fourth-order valence-electron chi connectivity index (χ4n) is 3.54. The van der Waals surface area contributed by atoms with Crippen LogP contribution >= 0.6 is 11.3 Å². The van der Waals surface area contributed by atoms with E-state index in [1.807, 2.05) is 22.5 Å². The van der Waals surface area contributed by atoms with Crippen LogP contribution in [0.2, 0.25) is 0 Å². The first-order chi connectivity index (χ1) is 11.8. The fourth-order valence-corrected chi connectivity index (χ4v) is 4.21. The van der Waals surface area contributed by atoms with E-state index >= 15 is 0 Å². The largest absolute Gasteiger partial charge is 0.382 e. The molecule has 4 rings (SSSR count). The number of carbonyl (C=O) groups excluding carboxylic acids is 1. The summed E-state index contributed by atoms with van der Waals surface area (Å²) < 4.78 is 7.59. The van der Waals surface area contributed by atoms with Crippen LogP contribution in [0.15, 0.2) is 23.0 Å². The summed E-state index contributed by atoms with van der Waals surface area (Å²) in [5.41, 5.74) is 3.56. The lowest BCUT2D eigenvalue weighted by Gasteiger charge is -2.36. The second-order valence-corrected chi connectivity index (χ2v) is 7.58. The van der Waals surface area contributed by atoms with Gasteiger partial charge in [-0.15, -0.1) is 0 Å². The van der Waals surface area contributed by atoms with Gasteiger partial charge in [0.15, 0.2) is 0 Å². The third-order valence-corrected chi connectivity index (χ3v) is 5.71. The highest BCUT2D eigenvalue weighted by Crippen LogP contribution is 2.35. The average Bonchev–Trinajstić information content (AvgIpc) is 3.06. The summed E-state index contributed by atoms with van der Waals surface area (Å²) in [6, 6.07) is 2.01. The molecule has 128 valence electrons. The van der Waals surface area contributed by atoms with E-state index in [0.29, 0.717) is 13.0 Å². The summed E-state index contributed by atoms with van der Waals surface area (Å²) in [7, 11) is 1.71. The molecule has 0 N–H and O–H groups in total. The number of nitrogens with zero attached hydrogens (tertiary/aromatic N) is 3. The second kappa shape index (κ2) is 6.69. The van der Waals surface area contributed by atoms with E-state index in [4.69, 9.17) is 4.74 Å². The standard InChI is InChI=1S/C18H23N3O2S/c1-23-11-16-18-15(9-19-21(18)10-13-2-3-13)4-6-20(16)17(22)8-14-5-7-24-12-14/h5,7,9,12-13,16H,2-4,6,8,10-11H2,1H3/t16-/m1/s1. The monoisotopic (exact) mass is 345 g/mol. The Labute approximate surface area is 146 Å². The Bertz CT molecular complexity index is 706. The van der Waals surface area contributed by atoms with Gasteiger partial charge < -0.3 is 9.64 Å². The van der Waals surface area contributed by atoms with Crippen LogP contribution in [0.5, 0.6) is 0 Å². The molecule has 0 unspecified atom stereocenters. The number of aromatic nitrogens is 2. The molecule has 0 aromatic carbocycles. The van der Waals surface area contributed by atoms with E-state index < -0.39 is 0 Å². The van der Waals surface area contributed by atoms with Crippen molar-refractivity contribution in [1.29, 1.82) is 0 Å². The predicted octanol–water partition coefficient (Wildman–Crippen LogP) is 2.67. The maximum absolute atomic E-state index is 12.9. The Morgan fingerprint density at radius 2 is 2.33 bits per heavy atom. The molecule has 3 heterocycles. The minimum absolute atomic E-state index is 0.0221. The maximum Gasteiger partial charge on any atom is 0.227 e. The molecule has 1 aliphatic carbocycles. The van der Waals surface area contributed by atoms with Crippen molar-refractivity contribution in [1.82, 2.24) is 14.7 Å². The van der Waals surface area contributed by atoms with Crippen LogP contribution < -0.4 is 0 Å². The number of methoxy groups -OCH3 is 1. The molecule has 0 saturated heterocycles. The van der Waals surface area contributed by atoms with Crippen molar-refractivity contribution in [3.05, 3.63) is 39.8 Å². The molecule has 1 amide bonds. The van der Waals surface area contributed by atoms with Crippen molar-refractivity contribution in [2.75, 3.05) is 20.3 Å². The van der Waals surface area contributed by atoms with Crippen LogP contribution in [0.4, 0.5) is 0 Å². The van der Waals surface area contributed by atoms with E-state index in [0.717, 1.165) is 31.0 Å². The van der Waals surface area contributed by atoms with Gasteiger partial charge in [0.05, 0.1) is 31.0 Å². The molecule has 2 aliphatic rings. The molecule has 5 nitrogen and oxygen atoms in total. The van der Waals surface area contributed by atoms with Crippen molar-refractivity contribution in [2.24, 2.45) is 5.92 Å². The number of carbonyl (C=O) groups is 1. The average molecular weight is 345 g/mol. The first-order valence-corrected chi connectivity index (χ1v) is 9.54. The van der Waals surface area contributed by atoms with Crippen LogP contribution in [0.3, 0.4) is 0 Å². The molecule has 24 heavy (non-hydrogen) atoms. The molecule has 1 atom stereocenters. The number of hydrogen-bond donors (Lipinski definition) is 0. The maximum atomic E-state index is 12.9. The number of rotatable bonds is 6. The van der Waals surface area contributed by atoms with Gasteiger partial charge in [-0.25, -0.2) is 0 Å². The van der Waals surface area contributed by atoms with Crippen molar-refractivity contribution in [3.8, 4) is 0 Å². The van der Waals surface area contributed by atoms with Crippen LogP contribution in [-0.4, -0.2) is 40.8 Å². The number of ether oxygens (including phenoxy) is 1. The normalized spacial score (nSPS) is 20.2. The summed E-state index contributed by atoms with van der Waals surface area (Å²) >= 11 is 1.64. The molecule has 0 bridgehead atoms. The highest BCUT2D eigenvalue weighted by atomic mass is 32.1. The first kappa shape index (κ1) is 15.8. The molecular weight excluding hydrogens is 322 g/mol. The molecule has 6 heteroatoms. The van der Waals surface area contributed by atoms with Gasteiger partial charge >= 0.3 is 0 Å². The Kier molecular flexibility index (Phi) is 4.41. The van der Waals surface area contributed by atoms with Crippen molar-refractivity contribution < 1.29 is 9.53 Å². The smallest absolute Gasteiger partial charge is 0.227 e. The molecule has 2 aromatic rings. The van der Waals surface area contributed by atoms with Gasteiger partial charge in [-0.2, -0.15) is 16.4 Å². The highest BCUT2D eigenvalue weighted by molar-refractivity contribution is 7.08. The minimum atomic E-state index is -0.0221. The lowest BCUT2D eigenvalue weighted by molar-refractivity contribution is -0.134. The lowest BCUT2D eigenvalue weighted by atomic mass is 9.99. The third kappa shape index (κ3) is 3.13. The SMILES string of the molecule is COC[C@@H]1c2c(cnn2CC2CC2)CCN1C(=O)Cc1ccsc1. The zero-order valence-electron chi connectivity index (χ0n) is 14.0. The van der Waals surface area contributed by atoms with Crippen LogP contribution in [0.1, 0.15) is 35.7 Å². The second-order valence-electron chi connectivity index (χ2n) is 6.80. The van der Waals surface area contributed by atoms with Gasteiger partial charge in [-0.3, -0.25) is 9.48 Å². The molecule has 0 spiro atoms. The number of fused-ring (bicyclic) bond motifs is 1. The number of hydrogen-bond acceptors (Lipinski definition) is 4. The van der Waals surface area contributed by atoms with Gasteiger partial charge in [0.1, 0.15) is 0 Å². The van der Waals surface area contributed by atoms with Crippen molar-refractivity contribution in [3.63, 3.8) is 0 Å². The van der Waals surface area contributed by atoms with E-state index in [-0.39, 0.29) is 11.9 Å². The van der Waals surface area contributed by atoms with E-state index in [1.165, 1.54) is 24.1 Å². The van der Waals surface area contributed by atoms with Crippen molar-refractivity contribution >= 4 is 17.2 Å². The summed E-state index contributed by atoms with van der Waals surface area (Å²) in [4.78, 5) is 14.9. The topological polar surface area (TPSA) is 47.4 Å². The molecule has 2 aromatic heterocycles. The van der Waals surface area contributed by atoms with E-state index in [9.17, 15) is 4.79 Å². The highest BCUT2D eigenvalue weighted by Gasteiger charge is 2.35. The quantitative estimate of drug-likeness (QED) is 0.809. The molecule has 0 radical (unpaired) electrons. The van der Waals surface area contributed by atoms with Gasteiger partial charge in [-0.1, -0.05) is 0 Å². The Hall–Kier alpha value is -1.66. The van der Waals surface area contributed by atoms with Crippen molar-refractivity contribution in [2.45, 2.75) is 38.3 Å². The summed E-state index contributed by atoms with van der Waals surface area (Å²) in [5, 5.41) is 8.68. The minimum Gasteiger partial charge on any atom is -0.382 e. The fraction of sp³-hybridized carbons (Fsp3) is 0.556. The Morgan fingerprint density at radius 1 is 1.46 bits per heavy atom. The molecular formula is C18H23N3O2S. The third-order valence-electron chi connectivity index (χ3n) is 4.98. The molecule has 1 fully saturated rings. The van der Waals surface area contributed by atoms with Gasteiger partial charge in [-0.05, 0) is 53.1 Å². The van der Waals surface area contributed by atoms with Crippen LogP contribution in [0.25, 0.3) is 0 Å². The summed E-state index contributed by atoms with van der Waals surface area (Å²) in [6.45, 7) is 2.25. The predicted molar refractivity (Wildman–Crippen MR) is 93.0 cm³/mol. The van der Waals surface area contributed by atoms with Gasteiger partial charge in [0.2, 0.25) is 5.91 Å². The zero-order valence-corrected chi connectivity index (χ0v) is 14.8. The van der Waals surface area contributed by atoms with Gasteiger partial charge in [0.25, 0.3) is 0 Å². The van der Waals surface area contributed by atoms with E-state index in [1.54, 1.807) is 18.4 Å².